The minimum atomic E-state index is -0.275. The molecule has 2 aromatic heterocycles. The van der Waals surface area contributed by atoms with E-state index in [9.17, 15) is 4.79 Å². The van der Waals surface area contributed by atoms with Crippen molar-refractivity contribution in [2.75, 3.05) is 0 Å². The van der Waals surface area contributed by atoms with Crippen molar-refractivity contribution in [3.8, 4) is 0 Å². The summed E-state index contributed by atoms with van der Waals surface area (Å²) in [6.45, 7) is 2.49. The Kier molecular flexibility index (Phi) is 4.20. The van der Waals surface area contributed by atoms with Gasteiger partial charge in [-0.2, -0.15) is 5.10 Å². The highest BCUT2D eigenvalue weighted by molar-refractivity contribution is 7.11. The van der Waals surface area contributed by atoms with Gasteiger partial charge >= 0.3 is 0 Å². The second kappa shape index (κ2) is 6.44. The summed E-state index contributed by atoms with van der Waals surface area (Å²) in [7, 11) is 0. The fourth-order valence-electron chi connectivity index (χ4n) is 1.98. The molecule has 0 aliphatic heterocycles. The third-order valence-corrected chi connectivity index (χ3v) is 4.03. The molecule has 5 nitrogen and oxygen atoms in total. The lowest BCUT2D eigenvalue weighted by Crippen LogP contribution is -2.12. The number of carbonyl (C=O) groups is 1. The van der Waals surface area contributed by atoms with E-state index in [1.807, 2.05) is 36.5 Å². The number of benzene rings is 1. The summed E-state index contributed by atoms with van der Waals surface area (Å²) in [5.41, 5.74) is 3.53. The standard InChI is InChI=1S/C16H14N4OS/c1-12-15(22-11-17-12)16(21)19-14-7-8-20(18-9-14)10-13-5-3-2-4-6-13/h2-9,11H,10H2,1H3. The molecule has 2 heterocycles. The van der Waals surface area contributed by atoms with Crippen molar-refractivity contribution >= 4 is 17.2 Å². The maximum atomic E-state index is 12.0. The maximum absolute atomic E-state index is 12.0. The van der Waals surface area contributed by atoms with Crippen molar-refractivity contribution in [3.63, 3.8) is 0 Å². The molecule has 22 heavy (non-hydrogen) atoms. The van der Waals surface area contributed by atoms with Gasteiger partial charge in [0.25, 0.3) is 5.91 Å². The average molecular weight is 310 g/mol. The molecule has 0 aliphatic rings. The lowest BCUT2D eigenvalue weighted by Gasteiger charge is -2.04. The number of rotatable bonds is 3. The summed E-state index contributed by atoms with van der Waals surface area (Å²) < 4.78 is 1.80. The van der Waals surface area contributed by atoms with E-state index in [0.29, 0.717) is 22.5 Å². The number of thiazole rings is 1. The molecular formula is C16H14N4OS. The smallest absolute Gasteiger partial charge is 0.268 e. The van der Waals surface area contributed by atoms with Gasteiger partial charge in [-0.1, -0.05) is 30.3 Å². The highest BCUT2D eigenvalue weighted by Crippen LogP contribution is 2.12. The molecule has 0 unspecified atom stereocenters. The van der Waals surface area contributed by atoms with Gasteiger partial charge in [0, 0.05) is 6.20 Å². The fourth-order valence-corrected chi connectivity index (χ4v) is 2.67. The van der Waals surface area contributed by atoms with Crippen LogP contribution in [-0.4, -0.2) is 20.7 Å². The first-order chi connectivity index (χ1) is 10.7. The van der Waals surface area contributed by atoms with Gasteiger partial charge in [-0.3, -0.25) is 9.48 Å². The van der Waals surface area contributed by atoms with Crippen molar-refractivity contribution in [2.45, 2.75) is 13.5 Å². The van der Waals surface area contributed by atoms with E-state index < -0.39 is 0 Å². The first-order valence-corrected chi connectivity index (χ1v) is 7.66. The summed E-state index contributed by atoms with van der Waals surface area (Å²) in [6, 6.07) is 11.8. The second-order valence-corrected chi connectivity index (χ2v) is 5.61. The van der Waals surface area contributed by atoms with Crippen LogP contribution in [0.2, 0.25) is 0 Å². The van der Waals surface area contributed by atoms with Crippen LogP contribution < -0.4 is 5.36 Å². The number of aromatic nitrogens is 3. The van der Waals surface area contributed by atoms with Crippen LogP contribution in [0.1, 0.15) is 20.9 Å². The Bertz CT molecular complexity index is 831. The summed E-state index contributed by atoms with van der Waals surface area (Å²) in [4.78, 5) is 20.7. The monoisotopic (exact) mass is 310 g/mol. The average Bonchev–Trinajstić information content (AvgIpc) is 2.96. The van der Waals surface area contributed by atoms with Crippen LogP contribution in [0, 0.1) is 6.92 Å². The number of hydrogen-bond acceptors (Lipinski definition) is 4. The second-order valence-electron chi connectivity index (χ2n) is 4.75. The molecule has 110 valence electrons. The van der Waals surface area contributed by atoms with Gasteiger partial charge in [0.15, 0.2) is 0 Å². The van der Waals surface area contributed by atoms with Crippen LogP contribution in [-0.2, 0) is 6.54 Å². The Morgan fingerprint density at radius 2 is 2.09 bits per heavy atom. The number of carbonyl (C=O) groups excluding carboxylic acids is 1. The molecule has 0 N–H and O–H groups in total. The first kappa shape index (κ1) is 14.3. The normalized spacial score (nSPS) is 11.6. The molecule has 0 bridgehead atoms. The Balaban J connectivity index is 1.78. The van der Waals surface area contributed by atoms with E-state index >= 15 is 0 Å². The molecule has 0 spiro atoms. The predicted octanol–water partition coefficient (Wildman–Crippen LogP) is 2.44. The van der Waals surface area contributed by atoms with Crippen LogP contribution in [0.4, 0.5) is 0 Å². The van der Waals surface area contributed by atoms with Gasteiger partial charge in [-0.05, 0) is 18.6 Å². The third-order valence-electron chi connectivity index (χ3n) is 3.11. The van der Waals surface area contributed by atoms with E-state index in [4.69, 9.17) is 0 Å². The van der Waals surface area contributed by atoms with Crippen molar-refractivity contribution in [1.29, 1.82) is 0 Å². The molecule has 0 radical (unpaired) electrons. The van der Waals surface area contributed by atoms with Crippen LogP contribution in [0.25, 0.3) is 0 Å². The lowest BCUT2D eigenvalue weighted by molar-refractivity contribution is 0.100. The Morgan fingerprint density at radius 1 is 1.27 bits per heavy atom. The van der Waals surface area contributed by atoms with Gasteiger partial charge in [0.1, 0.15) is 4.88 Å². The van der Waals surface area contributed by atoms with Crippen LogP contribution in [0.5, 0.6) is 0 Å². The fraction of sp³-hybridized carbons (Fsp3) is 0.125. The summed E-state index contributed by atoms with van der Waals surface area (Å²) in [6.07, 6.45) is 3.41. The van der Waals surface area contributed by atoms with E-state index in [-0.39, 0.29) is 5.91 Å². The van der Waals surface area contributed by atoms with E-state index in [1.54, 1.807) is 29.4 Å². The van der Waals surface area contributed by atoms with Crippen LogP contribution >= 0.6 is 11.3 Å². The first-order valence-electron chi connectivity index (χ1n) is 6.78. The zero-order valence-electron chi connectivity index (χ0n) is 12.0. The number of nitrogens with zero attached hydrogens (tertiary/aromatic N) is 4. The largest absolute Gasteiger partial charge is 0.289 e. The molecule has 0 saturated carbocycles. The molecule has 3 rings (SSSR count). The quantitative estimate of drug-likeness (QED) is 0.746. The molecule has 0 fully saturated rings. The SMILES string of the molecule is Cc1ncsc1C(=O)N=c1ccn(Cc2ccccc2)nc1. The predicted molar refractivity (Wildman–Crippen MR) is 84.5 cm³/mol. The molecule has 3 aromatic rings. The molecule has 0 saturated heterocycles. The van der Waals surface area contributed by atoms with Gasteiger partial charge in [-0.15, -0.1) is 11.3 Å². The van der Waals surface area contributed by atoms with Crippen molar-refractivity contribution in [1.82, 2.24) is 14.8 Å². The van der Waals surface area contributed by atoms with E-state index in [2.05, 4.69) is 15.1 Å². The van der Waals surface area contributed by atoms with Gasteiger partial charge in [0.2, 0.25) is 0 Å². The molecule has 1 aromatic carbocycles. The van der Waals surface area contributed by atoms with E-state index in [0.717, 1.165) is 0 Å². The molecular weight excluding hydrogens is 296 g/mol. The van der Waals surface area contributed by atoms with Crippen LogP contribution in [0.15, 0.2) is 59.3 Å². The minimum Gasteiger partial charge on any atom is -0.268 e. The maximum Gasteiger partial charge on any atom is 0.289 e. The highest BCUT2D eigenvalue weighted by Gasteiger charge is 2.09. The number of aryl methyl sites for hydroxylation is 1. The topological polar surface area (TPSA) is 60.1 Å². The van der Waals surface area contributed by atoms with Gasteiger partial charge < -0.3 is 0 Å². The number of hydrogen-bond donors (Lipinski definition) is 0. The number of amides is 1. The molecule has 6 heteroatoms. The van der Waals surface area contributed by atoms with Crippen molar-refractivity contribution in [3.05, 3.63) is 75.8 Å². The lowest BCUT2D eigenvalue weighted by atomic mass is 10.2. The van der Waals surface area contributed by atoms with E-state index in [1.165, 1.54) is 16.9 Å². The molecule has 0 aliphatic carbocycles. The Hall–Kier alpha value is -2.60. The van der Waals surface area contributed by atoms with Crippen molar-refractivity contribution < 1.29 is 4.79 Å². The van der Waals surface area contributed by atoms with Crippen LogP contribution in [0.3, 0.4) is 0 Å². The molecule has 0 atom stereocenters. The summed E-state index contributed by atoms with van der Waals surface area (Å²) in [5.74, 6) is -0.275. The summed E-state index contributed by atoms with van der Waals surface area (Å²) in [5, 5.41) is 4.83. The Labute approximate surface area is 131 Å². The zero-order chi connectivity index (χ0) is 15.4. The highest BCUT2D eigenvalue weighted by atomic mass is 32.1. The Morgan fingerprint density at radius 3 is 2.73 bits per heavy atom. The van der Waals surface area contributed by atoms with Crippen molar-refractivity contribution in [2.24, 2.45) is 4.99 Å². The molecule has 1 amide bonds. The zero-order valence-corrected chi connectivity index (χ0v) is 12.8. The minimum absolute atomic E-state index is 0.275. The van der Waals surface area contributed by atoms with Gasteiger partial charge in [-0.25, -0.2) is 9.98 Å². The third kappa shape index (κ3) is 3.35. The summed E-state index contributed by atoms with van der Waals surface area (Å²) >= 11 is 1.30. The van der Waals surface area contributed by atoms with Gasteiger partial charge in [0.05, 0.1) is 29.3 Å².